The van der Waals surface area contributed by atoms with Gasteiger partial charge in [0.2, 0.25) is 0 Å². The molecular weight excluding hydrogens is 248 g/mol. The summed E-state index contributed by atoms with van der Waals surface area (Å²) in [6.07, 6.45) is 2.07. The van der Waals surface area contributed by atoms with E-state index in [0.29, 0.717) is 19.0 Å². The summed E-state index contributed by atoms with van der Waals surface area (Å²) in [5, 5.41) is 11.8. The highest BCUT2D eigenvalue weighted by Crippen LogP contribution is 2.34. The first-order valence-electron chi connectivity index (χ1n) is 6.88. The first kappa shape index (κ1) is 14.1. The van der Waals surface area contributed by atoms with Gasteiger partial charge in [0, 0.05) is 19.1 Å². The summed E-state index contributed by atoms with van der Waals surface area (Å²) in [4.78, 5) is 24.7. The van der Waals surface area contributed by atoms with Gasteiger partial charge in [-0.2, -0.15) is 0 Å². The first-order chi connectivity index (χ1) is 8.95. The molecule has 2 aliphatic rings. The van der Waals surface area contributed by atoms with E-state index >= 15 is 0 Å². The molecule has 108 valence electrons. The molecule has 0 spiro atoms. The maximum atomic E-state index is 12.2. The number of ether oxygens (including phenoxy) is 1. The number of urea groups is 1. The number of amides is 2. The number of nitrogens with one attached hydrogen (secondary N) is 1. The Hall–Kier alpha value is -1.30. The molecule has 19 heavy (non-hydrogen) atoms. The monoisotopic (exact) mass is 270 g/mol. The number of rotatable bonds is 4. The first-order valence-corrected chi connectivity index (χ1v) is 6.88. The Balaban J connectivity index is 1.89. The van der Waals surface area contributed by atoms with E-state index in [9.17, 15) is 9.59 Å². The van der Waals surface area contributed by atoms with Gasteiger partial charge in [-0.3, -0.25) is 4.79 Å². The Morgan fingerprint density at radius 3 is 2.37 bits per heavy atom. The van der Waals surface area contributed by atoms with Gasteiger partial charge in [-0.05, 0) is 32.6 Å². The predicted molar refractivity (Wildman–Crippen MR) is 68.9 cm³/mol. The quantitative estimate of drug-likeness (QED) is 0.800. The molecule has 0 bridgehead atoms. The lowest BCUT2D eigenvalue weighted by atomic mass is 10.1. The van der Waals surface area contributed by atoms with Crippen molar-refractivity contribution in [2.24, 2.45) is 5.92 Å². The number of carboxylic acids is 1. The van der Waals surface area contributed by atoms with Gasteiger partial charge in [0.1, 0.15) is 0 Å². The lowest BCUT2D eigenvalue weighted by Crippen LogP contribution is -2.54. The Bertz CT molecular complexity index is 347. The largest absolute Gasteiger partial charge is 0.481 e. The summed E-state index contributed by atoms with van der Waals surface area (Å²) >= 11 is 0. The smallest absolute Gasteiger partial charge is 0.317 e. The number of carbonyl (C=O) groups is 2. The van der Waals surface area contributed by atoms with Gasteiger partial charge in [-0.25, -0.2) is 4.79 Å². The molecule has 1 saturated carbocycles. The van der Waals surface area contributed by atoms with E-state index in [1.807, 2.05) is 13.8 Å². The van der Waals surface area contributed by atoms with Crippen LogP contribution in [0.5, 0.6) is 0 Å². The highest BCUT2D eigenvalue weighted by Gasteiger charge is 2.35. The third-order valence-corrected chi connectivity index (χ3v) is 3.60. The fourth-order valence-corrected chi connectivity index (χ4v) is 2.62. The lowest BCUT2D eigenvalue weighted by molar-refractivity contribution is -0.137. The van der Waals surface area contributed by atoms with Crippen LogP contribution < -0.4 is 5.32 Å². The number of nitrogens with zero attached hydrogens (tertiary/aromatic N) is 1. The average Bonchev–Trinajstić information content (AvgIpc) is 3.09. The molecule has 2 fully saturated rings. The molecule has 6 heteroatoms. The van der Waals surface area contributed by atoms with Crippen molar-refractivity contribution in [2.45, 2.75) is 51.4 Å². The molecule has 0 aromatic heterocycles. The van der Waals surface area contributed by atoms with Crippen LogP contribution in [0.25, 0.3) is 0 Å². The van der Waals surface area contributed by atoms with Crippen molar-refractivity contribution in [1.29, 1.82) is 0 Å². The summed E-state index contributed by atoms with van der Waals surface area (Å²) in [6, 6.07) is -0.404. The number of hydrogen-bond acceptors (Lipinski definition) is 3. The third kappa shape index (κ3) is 4.09. The maximum absolute atomic E-state index is 12.2. The highest BCUT2D eigenvalue weighted by atomic mass is 16.5. The van der Waals surface area contributed by atoms with Crippen molar-refractivity contribution >= 4 is 12.0 Å². The minimum absolute atomic E-state index is 0.00581. The minimum atomic E-state index is -0.860. The van der Waals surface area contributed by atoms with Crippen molar-refractivity contribution in [2.75, 3.05) is 13.1 Å². The van der Waals surface area contributed by atoms with E-state index in [2.05, 4.69) is 5.32 Å². The van der Waals surface area contributed by atoms with Gasteiger partial charge in [0.15, 0.2) is 0 Å². The van der Waals surface area contributed by atoms with Gasteiger partial charge in [-0.15, -0.1) is 0 Å². The highest BCUT2D eigenvalue weighted by molar-refractivity contribution is 5.76. The molecule has 1 aliphatic carbocycles. The number of aliphatic carboxylic acids is 1. The Morgan fingerprint density at radius 1 is 1.32 bits per heavy atom. The van der Waals surface area contributed by atoms with E-state index in [-0.39, 0.29) is 30.7 Å². The van der Waals surface area contributed by atoms with E-state index in [0.717, 1.165) is 12.8 Å². The number of hydrogen-bond donors (Lipinski definition) is 2. The Kier molecular flexibility index (Phi) is 4.29. The van der Waals surface area contributed by atoms with Crippen LogP contribution in [0.1, 0.15) is 33.1 Å². The van der Waals surface area contributed by atoms with Gasteiger partial charge in [-0.1, -0.05) is 0 Å². The minimum Gasteiger partial charge on any atom is -0.481 e. The van der Waals surface area contributed by atoms with E-state index in [1.165, 1.54) is 0 Å². The standard InChI is InChI=1S/C13H22N2O4/c1-8-6-15(7-9(2)19-8)13(18)14-11(5-12(16)17)10-3-4-10/h8-11H,3-7H2,1-2H3,(H,14,18)(H,16,17). The van der Waals surface area contributed by atoms with E-state index in [4.69, 9.17) is 9.84 Å². The zero-order chi connectivity index (χ0) is 14.0. The summed E-state index contributed by atoms with van der Waals surface area (Å²) in [5.74, 6) is -0.531. The zero-order valence-corrected chi connectivity index (χ0v) is 11.5. The van der Waals surface area contributed by atoms with Gasteiger partial charge in [0.25, 0.3) is 0 Å². The fourth-order valence-electron chi connectivity index (χ4n) is 2.62. The predicted octanol–water partition coefficient (Wildman–Crippen LogP) is 1.06. The SMILES string of the molecule is CC1CN(C(=O)NC(CC(=O)O)C2CC2)CC(C)O1. The molecule has 0 aromatic rings. The molecular formula is C13H22N2O4. The summed E-state index contributed by atoms with van der Waals surface area (Å²) in [5.41, 5.74) is 0. The van der Waals surface area contributed by atoms with Crippen molar-refractivity contribution in [3.8, 4) is 0 Å². The average molecular weight is 270 g/mol. The molecule has 3 atom stereocenters. The van der Waals surface area contributed by atoms with E-state index < -0.39 is 5.97 Å². The van der Waals surface area contributed by atoms with Crippen molar-refractivity contribution < 1.29 is 19.4 Å². The van der Waals surface area contributed by atoms with Crippen molar-refractivity contribution in [1.82, 2.24) is 10.2 Å². The molecule has 2 N–H and O–H groups in total. The molecule has 1 heterocycles. The normalized spacial score (nSPS) is 28.8. The van der Waals surface area contributed by atoms with Gasteiger partial charge < -0.3 is 20.1 Å². The fraction of sp³-hybridized carbons (Fsp3) is 0.846. The maximum Gasteiger partial charge on any atom is 0.317 e. The number of morpholine rings is 1. The van der Waals surface area contributed by atoms with E-state index in [1.54, 1.807) is 4.90 Å². The zero-order valence-electron chi connectivity index (χ0n) is 11.5. The second-order valence-electron chi connectivity index (χ2n) is 5.65. The van der Waals surface area contributed by atoms with Gasteiger partial charge in [0.05, 0.1) is 18.6 Å². The van der Waals surface area contributed by atoms with Crippen LogP contribution in [0, 0.1) is 5.92 Å². The van der Waals surface area contributed by atoms with Crippen LogP contribution in [0.4, 0.5) is 4.79 Å². The molecule has 0 aromatic carbocycles. The van der Waals surface area contributed by atoms with Crippen LogP contribution >= 0.6 is 0 Å². The molecule has 3 unspecified atom stereocenters. The molecule has 2 amide bonds. The molecule has 6 nitrogen and oxygen atoms in total. The summed E-state index contributed by atoms with van der Waals surface area (Å²) in [6.45, 7) is 4.98. The van der Waals surface area contributed by atoms with Gasteiger partial charge >= 0.3 is 12.0 Å². The van der Waals surface area contributed by atoms with Crippen molar-refractivity contribution in [3.63, 3.8) is 0 Å². The lowest BCUT2D eigenvalue weighted by Gasteiger charge is -2.36. The van der Waals surface area contributed by atoms with Crippen molar-refractivity contribution in [3.05, 3.63) is 0 Å². The Morgan fingerprint density at radius 2 is 1.89 bits per heavy atom. The second-order valence-corrected chi connectivity index (χ2v) is 5.65. The second kappa shape index (κ2) is 5.77. The van der Waals surface area contributed by atoms with Crippen LogP contribution in [-0.2, 0) is 9.53 Å². The van der Waals surface area contributed by atoms with Crippen LogP contribution in [0.3, 0.4) is 0 Å². The Labute approximate surface area is 113 Å². The molecule has 1 aliphatic heterocycles. The summed E-state index contributed by atoms with van der Waals surface area (Å²) in [7, 11) is 0. The number of carboxylic acid groups (broad SMARTS) is 1. The van der Waals surface area contributed by atoms with Crippen LogP contribution in [0.2, 0.25) is 0 Å². The molecule has 1 saturated heterocycles. The molecule has 0 radical (unpaired) electrons. The topological polar surface area (TPSA) is 78.9 Å². The van der Waals surface area contributed by atoms with Crippen LogP contribution in [-0.4, -0.2) is 53.3 Å². The van der Waals surface area contributed by atoms with Crippen LogP contribution in [0.15, 0.2) is 0 Å². The third-order valence-electron chi connectivity index (χ3n) is 3.60. The molecule has 2 rings (SSSR count). The number of carbonyl (C=O) groups excluding carboxylic acids is 1. The summed E-state index contributed by atoms with van der Waals surface area (Å²) < 4.78 is 5.58.